The number of esters is 1. The Morgan fingerprint density at radius 1 is 1.00 bits per heavy atom. The minimum absolute atomic E-state index is 0.0559. The van der Waals surface area contributed by atoms with Crippen molar-refractivity contribution in [2.24, 2.45) is 4.99 Å². The molecule has 0 radical (unpaired) electrons. The number of likely N-dealkylation sites (tertiary alicyclic amines) is 1. The summed E-state index contributed by atoms with van der Waals surface area (Å²) in [6.07, 6.45) is 3.77. The first-order valence-corrected chi connectivity index (χ1v) is 16.0. The van der Waals surface area contributed by atoms with Crippen LogP contribution in [0.2, 0.25) is 0 Å². The Labute approximate surface area is 269 Å². The number of methoxy groups -OCH3 is 2. The first kappa shape index (κ1) is 31.1. The molecule has 1 saturated heterocycles. The number of rotatable bonds is 9. The standard InChI is InChI=1S/C35H35N3O7S/c1-5-44-34(41)30-21(2)36-35-38(32(30)31-24-11-7-6-10-23(24)13-15-26(31)42-3)33(40)28(46-35)19-22-12-14-25(27(18-22)43-4)45-20-29(39)37-16-8-9-17-37/h6-7,10-15,18-19,32H,5,8-9,16-17,20H2,1-4H3/b28-19+/t32-/m0/s1. The third kappa shape index (κ3) is 5.78. The van der Waals surface area contributed by atoms with Gasteiger partial charge in [-0.15, -0.1) is 0 Å². The lowest BCUT2D eigenvalue weighted by molar-refractivity contribution is -0.139. The van der Waals surface area contributed by atoms with E-state index in [4.69, 9.17) is 23.9 Å². The van der Waals surface area contributed by atoms with Crippen molar-refractivity contribution in [3.8, 4) is 17.2 Å². The number of hydrogen-bond donors (Lipinski definition) is 0. The molecular weight excluding hydrogens is 606 g/mol. The van der Waals surface area contributed by atoms with Gasteiger partial charge in [0.25, 0.3) is 11.5 Å². The molecule has 0 N–H and O–H groups in total. The second kappa shape index (κ2) is 13.2. The number of allylic oxidation sites excluding steroid dienone is 1. The zero-order valence-electron chi connectivity index (χ0n) is 26.2. The molecule has 1 aromatic heterocycles. The predicted molar refractivity (Wildman–Crippen MR) is 175 cm³/mol. The van der Waals surface area contributed by atoms with E-state index in [1.165, 1.54) is 18.4 Å². The molecule has 0 bridgehead atoms. The van der Waals surface area contributed by atoms with E-state index >= 15 is 0 Å². The highest BCUT2D eigenvalue weighted by Crippen LogP contribution is 2.40. The van der Waals surface area contributed by atoms with Crippen LogP contribution in [-0.4, -0.2) is 61.9 Å². The van der Waals surface area contributed by atoms with E-state index in [2.05, 4.69) is 0 Å². The van der Waals surface area contributed by atoms with Crippen molar-refractivity contribution < 1.29 is 28.5 Å². The first-order valence-electron chi connectivity index (χ1n) is 15.2. The molecule has 1 amide bonds. The third-order valence-corrected chi connectivity index (χ3v) is 9.22. The number of carbonyl (C=O) groups excluding carboxylic acids is 2. The Morgan fingerprint density at radius 3 is 2.48 bits per heavy atom. The Morgan fingerprint density at radius 2 is 1.74 bits per heavy atom. The molecule has 0 aliphatic carbocycles. The lowest BCUT2D eigenvalue weighted by Crippen LogP contribution is -2.40. The summed E-state index contributed by atoms with van der Waals surface area (Å²) in [4.78, 5) is 47.2. The highest BCUT2D eigenvalue weighted by atomic mass is 32.1. The monoisotopic (exact) mass is 641 g/mol. The van der Waals surface area contributed by atoms with Crippen LogP contribution in [0.3, 0.4) is 0 Å². The van der Waals surface area contributed by atoms with Gasteiger partial charge in [-0.3, -0.25) is 14.2 Å². The van der Waals surface area contributed by atoms with Crippen LogP contribution >= 0.6 is 11.3 Å². The Balaban J connectivity index is 1.45. The van der Waals surface area contributed by atoms with Gasteiger partial charge < -0.3 is 23.8 Å². The minimum Gasteiger partial charge on any atom is -0.496 e. The molecule has 1 fully saturated rings. The van der Waals surface area contributed by atoms with Crippen LogP contribution in [-0.2, 0) is 14.3 Å². The zero-order valence-corrected chi connectivity index (χ0v) is 27.0. The van der Waals surface area contributed by atoms with Gasteiger partial charge in [-0.2, -0.15) is 0 Å². The van der Waals surface area contributed by atoms with Crippen molar-refractivity contribution in [1.29, 1.82) is 0 Å². The summed E-state index contributed by atoms with van der Waals surface area (Å²) in [5.74, 6) is 0.820. The molecule has 3 aromatic carbocycles. The fourth-order valence-electron chi connectivity index (χ4n) is 6.04. The molecule has 6 rings (SSSR count). The largest absolute Gasteiger partial charge is 0.496 e. The van der Waals surface area contributed by atoms with E-state index < -0.39 is 12.0 Å². The normalized spacial score (nSPS) is 16.3. The van der Waals surface area contributed by atoms with Crippen LogP contribution in [0.25, 0.3) is 16.8 Å². The van der Waals surface area contributed by atoms with Gasteiger partial charge in [-0.1, -0.05) is 47.7 Å². The number of benzene rings is 3. The van der Waals surface area contributed by atoms with Crippen molar-refractivity contribution in [2.75, 3.05) is 40.5 Å². The topological polar surface area (TPSA) is 109 Å². The maximum atomic E-state index is 14.3. The van der Waals surface area contributed by atoms with E-state index in [0.29, 0.717) is 43.4 Å². The summed E-state index contributed by atoms with van der Waals surface area (Å²) in [5.41, 5.74) is 1.81. The fourth-order valence-corrected chi connectivity index (χ4v) is 7.09. The smallest absolute Gasteiger partial charge is 0.338 e. The van der Waals surface area contributed by atoms with E-state index in [1.807, 2.05) is 36.4 Å². The van der Waals surface area contributed by atoms with E-state index in [1.54, 1.807) is 54.7 Å². The average Bonchev–Trinajstić information content (AvgIpc) is 3.71. The van der Waals surface area contributed by atoms with Crippen molar-refractivity contribution in [2.45, 2.75) is 32.7 Å². The Bertz CT molecular complexity index is 2040. The minimum atomic E-state index is -0.836. The SMILES string of the molecule is CCOC(=O)C1=C(C)N=c2s/c(=C/c3ccc(OCC(=O)N4CCCC4)c(OC)c3)c(=O)n2[C@@H]1c1c(OC)ccc2ccccc12. The number of fused-ring (bicyclic) bond motifs is 2. The van der Waals surface area contributed by atoms with E-state index in [-0.39, 0.29) is 30.3 Å². The lowest BCUT2D eigenvalue weighted by Gasteiger charge is -2.27. The van der Waals surface area contributed by atoms with Gasteiger partial charge in [0, 0.05) is 18.7 Å². The first-order chi connectivity index (χ1) is 22.3. The van der Waals surface area contributed by atoms with Crippen molar-refractivity contribution >= 4 is 40.1 Å². The number of nitrogens with zero attached hydrogens (tertiary/aromatic N) is 3. The zero-order chi connectivity index (χ0) is 32.4. The average molecular weight is 642 g/mol. The van der Waals surface area contributed by atoms with Crippen LogP contribution in [0.15, 0.2) is 75.7 Å². The molecule has 10 nitrogen and oxygen atoms in total. The molecule has 11 heteroatoms. The van der Waals surface area contributed by atoms with Gasteiger partial charge in [-0.25, -0.2) is 9.79 Å². The van der Waals surface area contributed by atoms with Gasteiger partial charge in [0.1, 0.15) is 11.8 Å². The molecule has 4 aromatic rings. The van der Waals surface area contributed by atoms with Crippen LogP contribution in [0.1, 0.15) is 43.9 Å². The number of carbonyl (C=O) groups is 2. The quantitative estimate of drug-likeness (QED) is 0.255. The molecule has 0 saturated carbocycles. The van der Waals surface area contributed by atoms with Crippen molar-refractivity contribution in [1.82, 2.24) is 9.47 Å². The molecule has 238 valence electrons. The Hall–Kier alpha value is -4.90. The van der Waals surface area contributed by atoms with E-state index in [0.717, 1.165) is 36.7 Å². The molecule has 0 spiro atoms. The number of aromatic nitrogens is 1. The second-order valence-electron chi connectivity index (χ2n) is 11.0. The molecule has 1 atom stereocenters. The lowest BCUT2D eigenvalue weighted by atomic mass is 9.90. The van der Waals surface area contributed by atoms with Gasteiger partial charge in [-0.05, 0) is 67.3 Å². The predicted octanol–water partition coefficient (Wildman–Crippen LogP) is 3.97. The number of ether oxygens (including phenoxy) is 4. The molecule has 0 unspecified atom stereocenters. The summed E-state index contributed by atoms with van der Waals surface area (Å²) in [6.45, 7) is 5.11. The summed E-state index contributed by atoms with van der Waals surface area (Å²) >= 11 is 1.23. The van der Waals surface area contributed by atoms with Crippen LogP contribution < -0.4 is 29.1 Å². The Kier molecular flexibility index (Phi) is 8.94. The summed E-state index contributed by atoms with van der Waals surface area (Å²) < 4.78 is 24.6. The number of amides is 1. The maximum absolute atomic E-state index is 14.3. The second-order valence-corrected chi connectivity index (χ2v) is 12.0. The van der Waals surface area contributed by atoms with Crippen LogP contribution in [0, 0.1) is 0 Å². The maximum Gasteiger partial charge on any atom is 0.338 e. The number of thiazole rings is 1. The number of hydrogen-bond acceptors (Lipinski definition) is 9. The molecule has 2 aliphatic rings. The summed E-state index contributed by atoms with van der Waals surface area (Å²) in [6, 6.07) is 16.0. The molecular formula is C35H35N3O7S. The van der Waals surface area contributed by atoms with Gasteiger partial charge in [0.15, 0.2) is 22.9 Å². The molecule has 46 heavy (non-hydrogen) atoms. The van der Waals surface area contributed by atoms with Crippen molar-refractivity contribution in [3.05, 3.63) is 96.7 Å². The summed E-state index contributed by atoms with van der Waals surface area (Å²) in [5, 5.41) is 1.79. The molecule has 3 heterocycles. The highest BCUT2D eigenvalue weighted by Gasteiger charge is 2.36. The summed E-state index contributed by atoms with van der Waals surface area (Å²) in [7, 11) is 3.10. The van der Waals surface area contributed by atoms with Gasteiger partial charge >= 0.3 is 5.97 Å². The van der Waals surface area contributed by atoms with Crippen LogP contribution in [0.4, 0.5) is 0 Å². The van der Waals surface area contributed by atoms with Gasteiger partial charge in [0.05, 0.1) is 36.6 Å². The van der Waals surface area contributed by atoms with Crippen LogP contribution in [0.5, 0.6) is 17.2 Å². The van der Waals surface area contributed by atoms with Crippen molar-refractivity contribution in [3.63, 3.8) is 0 Å². The van der Waals surface area contributed by atoms with Gasteiger partial charge in [0.2, 0.25) is 0 Å². The third-order valence-electron chi connectivity index (χ3n) is 8.24. The highest BCUT2D eigenvalue weighted by molar-refractivity contribution is 7.07. The van der Waals surface area contributed by atoms with E-state index in [9.17, 15) is 14.4 Å². The fraction of sp³-hybridized carbons (Fsp3) is 0.314. The molecule has 2 aliphatic heterocycles.